The van der Waals surface area contributed by atoms with E-state index < -0.39 is 0 Å². The summed E-state index contributed by atoms with van der Waals surface area (Å²) in [7, 11) is 5.31. The van der Waals surface area contributed by atoms with Gasteiger partial charge in [-0.2, -0.15) is 0 Å². The Balaban J connectivity index is 2.10. The van der Waals surface area contributed by atoms with Gasteiger partial charge in [0, 0.05) is 23.9 Å². The number of benzene rings is 2. The van der Waals surface area contributed by atoms with Crippen LogP contribution in [0.3, 0.4) is 0 Å². The Labute approximate surface area is 157 Å². The molecule has 3 rings (SSSR count). The summed E-state index contributed by atoms with van der Waals surface area (Å²) in [5.74, 6) is 2.23. The second-order valence-electron chi connectivity index (χ2n) is 5.68. The molecule has 2 aromatic carbocycles. The zero-order chi connectivity index (χ0) is 18.5. The van der Waals surface area contributed by atoms with Crippen LogP contribution in [0.25, 0.3) is 22.5 Å². The molecule has 0 saturated heterocycles. The number of hydrogen-bond donors (Lipinski definition) is 1. The van der Waals surface area contributed by atoms with Crippen LogP contribution in [0.4, 0.5) is 0 Å². The summed E-state index contributed by atoms with van der Waals surface area (Å²) in [5, 5.41) is 10.0. The van der Waals surface area contributed by atoms with Crippen molar-refractivity contribution in [1.82, 2.24) is 9.55 Å². The lowest BCUT2D eigenvalue weighted by Crippen LogP contribution is -1.96. The molecule has 0 aliphatic heterocycles. The second-order valence-corrected chi connectivity index (χ2v) is 6.74. The van der Waals surface area contributed by atoms with E-state index in [1.54, 1.807) is 14.2 Å². The summed E-state index contributed by atoms with van der Waals surface area (Å²) in [5.41, 5.74) is 4.00. The standard InChI is InChI=1S/C20H22N2O3S/c1-22-19(15-6-10-17(25-3)11-7-15)18(21-20(22)26-13-12-23)14-4-8-16(24-2)9-5-14/h4-11,23H,12-13H2,1-3H3. The zero-order valence-electron chi connectivity index (χ0n) is 15.1. The molecule has 0 radical (unpaired) electrons. The van der Waals surface area contributed by atoms with Gasteiger partial charge in [0.15, 0.2) is 5.16 Å². The number of aliphatic hydroxyl groups excluding tert-OH is 1. The van der Waals surface area contributed by atoms with E-state index in [1.807, 2.05) is 55.6 Å². The first-order valence-electron chi connectivity index (χ1n) is 8.27. The van der Waals surface area contributed by atoms with E-state index in [9.17, 15) is 0 Å². The minimum Gasteiger partial charge on any atom is -0.497 e. The van der Waals surface area contributed by atoms with E-state index in [4.69, 9.17) is 19.6 Å². The number of aliphatic hydroxyl groups is 1. The largest absolute Gasteiger partial charge is 0.497 e. The van der Waals surface area contributed by atoms with Gasteiger partial charge < -0.3 is 19.1 Å². The van der Waals surface area contributed by atoms with Gasteiger partial charge in [-0.3, -0.25) is 0 Å². The molecular formula is C20H22N2O3S. The molecule has 5 nitrogen and oxygen atoms in total. The minimum atomic E-state index is 0.118. The Bertz CT molecular complexity index is 858. The number of thioether (sulfide) groups is 1. The van der Waals surface area contributed by atoms with E-state index >= 15 is 0 Å². The highest BCUT2D eigenvalue weighted by atomic mass is 32.2. The summed E-state index contributed by atoms with van der Waals surface area (Å²) in [4.78, 5) is 4.83. The molecule has 0 aliphatic rings. The average Bonchev–Trinajstić information content (AvgIpc) is 3.02. The van der Waals surface area contributed by atoms with Gasteiger partial charge in [-0.1, -0.05) is 11.8 Å². The molecule has 0 saturated carbocycles. The summed E-state index contributed by atoms with van der Waals surface area (Å²) in [6, 6.07) is 15.8. The molecular weight excluding hydrogens is 348 g/mol. The van der Waals surface area contributed by atoms with E-state index in [0.717, 1.165) is 39.2 Å². The molecule has 3 aromatic rings. The van der Waals surface area contributed by atoms with Crippen molar-refractivity contribution in [2.24, 2.45) is 7.05 Å². The molecule has 1 heterocycles. The smallest absolute Gasteiger partial charge is 0.168 e. The van der Waals surface area contributed by atoms with Crippen molar-refractivity contribution in [3.8, 4) is 34.0 Å². The predicted molar refractivity (Wildman–Crippen MR) is 105 cm³/mol. The summed E-state index contributed by atoms with van der Waals surface area (Å²) < 4.78 is 12.6. The molecule has 0 amide bonds. The number of methoxy groups -OCH3 is 2. The SMILES string of the molecule is COc1ccc(-c2nc(SCCO)n(C)c2-c2ccc(OC)cc2)cc1. The van der Waals surface area contributed by atoms with Crippen molar-refractivity contribution in [3.63, 3.8) is 0 Å². The van der Waals surface area contributed by atoms with E-state index in [2.05, 4.69) is 4.57 Å². The van der Waals surface area contributed by atoms with Gasteiger partial charge in [-0.15, -0.1) is 0 Å². The van der Waals surface area contributed by atoms with E-state index in [1.165, 1.54) is 11.8 Å². The summed E-state index contributed by atoms with van der Waals surface area (Å²) in [6.07, 6.45) is 0. The lowest BCUT2D eigenvalue weighted by atomic mass is 10.0. The highest BCUT2D eigenvalue weighted by molar-refractivity contribution is 7.99. The molecule has 0 spiro atoms. The molecule has 6 heteroatoms. The van der Waals surface area contributed by atoms with Crippen LogP contribution in [0, 0.1) is 0 Å². The molecule has 0 atom stereocenters. The topological polar surface area (TPSA) is 56.5 Å². The zero-order valence-corrected chi connectivity index (χ0v) is 15.9. The van der Waals surface area contributed by atoms with Crippen molar-refractivity contribution >= 4 is 11.8 Å². The van der Waals surface area contributed by atoms with Gasteiger partial charge in [-0.25, -0.2) is 4.98 Å². The molecule has 26 heavy (non-hydrogen) atoms. The number of ether oxygens (including phenoxy) is 2. The highest BCUT2D eigenvalue weighted by Crippen LogP contribution is 2.36. The molecule has 136 valence electrons. The maximum absolute atomic E-state index is 9.16. The van der Waals surface area contributed by atoms with Gasteiger partial charge in [0.05, 0.1) is 32.2 Å². The van der Waals surface area contributed by atoms with Crippen LogP contribution >= 0.6 is 11.8 Å². The maximum atomic E-state index is 9.16. The molecule has 1 N–H and O–H groups in total. The van der Waals surface area contributed by atoms with Crippen LogP contribution in [0.2, 0.25) is 0 Å². The normalized spacial score (nSPS) is 10.8. The highest BCUT2D eigenvalue weighted by Gasteiger charge is 2.18. The van der Waals surface area contributed by atoms with Crippen LogP contribution in [0.15, 0.2) is 53.7 Å². The Morgan fingerprint density at radius 1 is 0.923 bits per heavy atom. The van der Waals surface area contributed by atoms with Gasteiger partial charge in [-0.05, 0) is 48.5 Å². The quantitative estimate of drug-likeness (QED) is 0.640. The number of aromatic nitrogens is 2. The number of imidazole rings is 1. The lowest BCUT2D eigenvalue weighted by Gasteiger charge is -2.09. The third-order valence-corrected chi connectivity index (χ3v) is 5.11. The molecule has 0 bridgehead atoms. The third-order valence-electron chi connectivity index (χ3n) is 4.10. The van der Waals surface area contributed by atoms with Crippen LogP contribution < -0.4 is 9.47 Å². The fourth-order valence-electron chi connectivity index (χ4n) is 2.77. The van der Waals surface area contributed by atoms with E-state index in [0.29, 0.717) is 5.75 Å². The van der Waals surface area contributed by atoms with Crippen molar-refractivity contribution in [1.29, 1.82) is 0 Å². The number of rotatable bonds is 7. The second kappa shape index (κ2) is 8.29. The fraction of sp³-hybridized carbons (Fsp3) is 0.250. The Kier molecular flexibility index (Phi) is 5.85. The van der Waals surface area contributed by atoms with Crippen LogP contribution in [-0.2, 0) is 7.05 Å². The van der Waals surface area contributed by atoms with Crippen molar-refractivity contribution in [2.75, 3.05) is 26.6 Å². The van der Waals surface area contributed by atoms with Crippen molar-refractivity contribution in [2.45, 2.75) is 5.16 Å². The van der Waals surface area contributed by atoms with Crippen LogP contribution in [0.5, 0.6) is 11.5 Å². The van der Waals surface area contributed by atoms with Crippen LogP contribution in [0.1, 0.15) is 0 Å². The first-order valence-corrected chi connectivity index (χ1v) is 9.25. The summed E-state index contributed by atoms with van der Waals surface area (Å²) >= 11 is 1.54. The average molecular weight is 370 g/mol. The first kappa shape index (κ1) is 18.4. The number of hydrogen-bond acceptors (Lipinski definition) is 5. The Hall–Kier alpha value is -2.44. The van der Waals surface area contributed by atoms with Gasteiger partial charge in [0.2, 0.25) is 0 Å². The Morgan fingerprint density at radius 2 is 1.46 bits per heavy atom. The predicted octanol–water partition coefficient (Wildman–Crippen LogP) is 3.86. The molecule has 0 fully saturated rings. The van der Waals surface area contributed by atoms with Crippen LogP contribution in [-0.4, -0.2) is 41.2 Å². The first-order chi connectivity index (χ1) is 12.7. The molecule has 0 unspecified atom stereocenters. The van der Waals surface area contributed by atoms with E-state index in [-0.39, 0.29) is 6.61 Å². The number of nitrogens with zero attached hydrogens (tertiary/aromatic N) is 2. The fourth-order valence-corrected chi connectivity index (χ4v) is 3.49. The molecule has 1 aromatic heterocycles. The van der Waals surface area contributed by atoms with Gasteiger partial charge in [0.1, 0.15) is 11.5 Å². The Morgan fingerprint density at radius 3 is 1.96 bits per heavy atom. The van der Waals surface area contributed by atoms with Crippen molar-refractivity contribution in [3.05, 3.63) is 48.5 Å². The van der Waals surface area contributed by atoms with Crippen molar-refractivity contribution < 1.29 is 14.6 Å². The van der Waals surface area contributed by atoms with Gasteiger partial charge >= 0.3 is 0 Å². The maximum Gasteiger partial charge on any atom is 0.168 e. The third kappa shape index (κ3) is 3.71. The monoisotopic (exact) mass is 370 g/mol. The summed E-state index contributed by atoms with van der Waals surface area (Å²) in [6.45, 7) is 0.118. The lowest BCUT2D eigenvalue weighted by molar-refractivity contribution is 0.322. The van der Waals surface area contributed by atoms with Gasteiger partial charge in [0.25, 0.3) is 0 Å². The molecule has 0 aliphatic carbocycles. The minimum absolute atomic E-state index is 0.118.